The Labute approximate surface area is 172 Å². The number of nitro groups is 1. The van der Waals surface area contributed by atoms with E-state index < -0.39 is 14.9 Å². The second-order valence-corrected chi connectivity index (χ2v) is 9.36. The molecule has 29 heavy (non-hydrogen) atoms. The number of hydrogen-bond acceptors (Lipinski definition) is 6. The lowest BCUT2D eigenvalue weighted by molar-refractivity contribution is -0.384. The topological polar surface area (TPSA) is 113 Å². The Kier molecular flexibility index (Phi) is 7.59. The van der Waals surface area contributed by atoms with Gasteiger partial charge in [0.1, 0.15) is 5.69 Å². The molecule has 1 aliphatic rings. The number of nitrogens with one attached hydrogen (secondary N) is 1. The molecule has 0 atom stereocenters. The Morgan fingerprint density at radius 1 is 1.28 bits per heavy atom. The summed E-state index contributed by atoms with van der Waals surface area (Å²) >= 11 is 0. The van der Waals surface area contributed by atoms with Crippen molar-refractivity contribution in [3.63, 3.8) is 0 Å². The highest BCUT2D eigenvalue weighted by Crippen LogP contribution is 2.30. The van der Waals surface area contributed by atoms with Crippen LogP contribution in [-0.2, 0) is 14.8 Å². The monoisotopic (exact) mass is 426 g/mol. The summed E-state index contributed by atoms with van der Waals surface area (Å²) in [6.07, 6.45) is 1.35. The maximum absolute atomic E-state index is 12.7. The molecule has 162 valence electrons. The van der Waals surface area contributed by atoms with Crippen LogP contribution in [0.2, 0.25) is 0 Å². The van der Waals surface area contributed by atoms with E-state index in [9.17, 15) is 23.3 Å². The molecule has 1 aromatic rings. The second kappa shape index (κ2) is 9.53. The molecule has 0 spiro atoms. The van der Waals surface area contributed by atoms with Crippen molar-refractivity contribution in [2.45, 2.75) is 51.5 Å². The normalized spacial score (nSPS) is 15.7. The van der Waals surface area contributed by atoms with E-state index in [1.807, 2.05) is 18.7 Å². The minimum atomic E-state index is -3.78. The van der Waals surface area contributed by atoms with Gasteiger partial charge in [0.15, 0.2) is 0 Å². The summed E-state index contributed by atoms with van der Waals surface area (Å²) in [4.78, 5) is 24.8. The van der Waals surface area contributed by atoms with Gasteiger partial charge in [0.2, 0.25) is 15.9 Å². The van der Waals surface area contributed by atoms with Crippen LogP contribution in [0.15, 0.2) is 23.1 Å². The zero-order chi connectivity index (χ0) is 21.8. The molecular formula is C19H30N4O5S. The molecule has 0 saturated carbocycles. The SMILES string of the molecule is CCN(CC)S(=O)(=O)c1ccc(NC2CCN(C(=O)C(C)C)CC2)c([N+](=O)[O-])c1. The van der Waals surface area contributed by atoms with Crippen molar-refractivity contribution in [2.75, 3.05) is 31.5 Å². The number of amides is 1. The fraction of sp³-hybridized carbons (Fsp3) is 0.632. The fourth-order valence-corrected chi connectivity index (χ4v) is 4.97. The highest BCUT2D eigenvalue weighted by atomic mass is 32.2. The third kappa shape index (κ3) is 5.24. The minimum absolute atomic E-state index is 0.0184. The number of sulfonamides is 1. The third-order valence-electron chi connectivity index (χ3n) is 5.17. The smallest absolute Gasteiger partial charge is 0.293 e. The number of nitrogens with zero attached hydrogens (tertiary/aromatic N) is 3. The van der Waals surface area contributed by atoms with Crippen LogP contribution < -0.4 is 5.32 Å². The van der Waals surface area contributed by atoms with Gasteiger partial charge in [-0.05, 0) is 25.0 Å². The van der Waals surface area contributed by atoms with Crippen LogP contribution in [0, 0.1) is 16.0 Å². The second-order valence-electron chi connectivity index (χ2n) is 7.42. The van der Waals surface area contributed by atoms with E-state index in [4.69, 9.17) is 0 Å². The predicted molar refractivity (Wildman–Crippen MR) is 111 cm³/mol. The molecule has 9 nitrogen and oxygen atoms in total. The molecule has 1 aromatic carbocycles. The molecule has 1 amide bonds. The van der Waals surface area contributed by atoms with Crippen LogP contribution in [0.4, 0.5) is 11.4 Å². The highest BCUT2D eigenvalue weighted by Gasteiger charge is 2.28. The summed E-state index contributed by atoms with van der Waals surface area (Å²) in [5.41, 5.74) is 0.0288. The fourth-order valence-electron chi connectivity index (χ4n) is 3.49. The molecule has 1 N–H and O–H groups in total. The van der Waals surface area contributed by atoms with Crippen LogP contribution in [0.3, 0.4) is 0 Å². The molecule has 1 saturated heterocycles. The predicted octanol–water partition coefficient (Wildman–Crippen LogP) is 2.68. The number of benzene rings is 1. The van der Waals surface area contributed by atoms with Gasteiger partial charge in [-0.25, -0.2) is 8.42 Å². The van der Waals surface area contributed by atoms with Crippen LogP contribution in [-0.4, -0.2) is 60.7 Å². The summed E-state index contributed by atoms with van der Waals surface area (Å²) in [6.45, 7) is 8.95. The van der Waals surface area contributed by atoms with Gasteiger partial charge in [0.05, 0.1) is 9.82 Å². The van der Waals surface area contributed by atoms with Crippen molar-refractivity contribution < 1.29 is 18.1 Å². The number of anilines is 1. The number of carbonyl (C=O) groups excluding carboxylic acids is 1. The summed E-state index contributed by atoms with van der Waals surface area (Å²) in [5, 5.41) is 14.7. The molecule has 10 heteroatoms. The van der Waals surface area contributed by atoms with E-state index in [2.05, 4.69) is 5.32 Å². The van der Waals surface area contributed by atoms with Crippen LogP contribution in [0.5, 0.6) is 0 Å². The average molecular weight is 427 g/mol. The number of rotatable bonds is 8. The Bertz CT molecular complexity index is 844. The van der Waals surface area contributed by atoms with Crippen molar-refractivity contribution in [2.24, 2.45) is 5.92 Å². The first-order valence-corrected chi connectivity index (χ1v) is 11.4. The van der Waals surface area contributed by atoms with E-state index in [0.29, 0.717) is 44.7 Å². The molecule has 1 heterocycles. The zero-order valence-corrected chi connectivity index (χ0v) is 18.2. The quantitative estimate of drug-likeness (QED) is 0.505. The van der Waals surface area contributed by atoms with E-state index in [1.165, 1.54) is 16.4 Å². The Balaban J connectivity index is 2.19. The van der Waals surface area contributed by atoms with E-state index in [0.717, 1.165) is 6.07 Å². The third-order valence-corrected chi connectivity index (χ3v) is 7.22. The molecular weight excluding hydrogens is 396 g/mol. The lowest BCUT2D eigenvalue weighted by atomic mass is 10.0. The van der Waals surface area contributed by atoms with Gasteiger partial charge in [-0.1, -0.05) is 27.7 Å². The summed E-state index contributed by atoms with van der Waals surface area (Å²) in [5.74, 6) is 0.0567. The first-order chi connectivity index (χ1) is 13.6. The standard InChI is InChI=1S/C19H30N4O5S/c1-5-22(6-2)29(27,28)16-7-8-17(18(13-16)23(25)26)20-15-9-11-21(12-10-15)19(24)14(3)4/h7-8,13-15,20H,5-6,9-12H2,1-4H3. The van der Waals surface area contributed by atoms with Crippen LogP contribution >= 0.6 is 0 Å². The van der Waals surface area contributed by atoms with Crippen molar-refractivity contribution >= 4 is 27.3 Å². The van der Waals surface area contributed by atoms with Gasteiger partial charge in [-0.2, -0.15) is 4.31 Å². The molecule has 0 aliphatic carbocycles. The molecule has 2 rings (SSSR count). The van der Waals surface area contributed by atoms with Gasteiger partial charge in [-0.3, -0.25) is 14.9 Å². The molecule has 0 radical (unpaired) electrons. The van der Waals surface area contributed by atoms with Gasteiger partial charge in [0.25, 0.3) is 5.69 Å². The lowest BCUT2D eigenvalue weighted by Gasteiger charge is -2.33. The molecule has 0 bridgehead atoms. The maximum Gasteiger partial charge on any atom is 0.293 e. The number of piperidine rings is 1. The van der Waals surface area contributed by atoms with Gasteiger partial charge >= 0.3 is 0 Å². The van der Waals surface area contributed by atoms with Crippen molar-refractivity contribution in [1.82, 2.24) is 9.21 Å². The Hall–Kier alpha value is -2.20. The first kappa shape index (κ1) is 23.1. The van der Waals surface area contributed by atoms with E-state index in [-0.39, 0.29) is 28.4 Å². The maximum atomic E-state index is 12.7. The molecule has 0 aromatic heterocycles. The van der Waals surface area contributed by atoms with Crippen LogP contribution in [0.1, 0.15) is 40.5 Å². The molecule has 1 fully saturated rings. The van der Waals surface area contributed by atoms with Crippen molar-refractivity contribution in [3.05, 3.63) is 28.3 Å². The molecule has 0 unspecified atom stereocenters. The molecule has 1 aliphatic heterocycles. The average Bonchev–Trinajstić information content (AvgIpc) is 2.68. The number of carbonyl (C=O) groups is 1. The number of likely N-dealkylation sites (tertiary alicyclic amines) is 1. The van der Waals surface area contributed by atoms with Crippen molar-refractivity contribution in [3.8, 4) is 0 Å². The number of nitro benzene ring substituents is 1. The largest absolute Gasteiger partial charge is 0.377 e. The summed E-state index contributed by atoms with van der Waals surface area (Å²) < 4.78 is 26.6. The van der Waals surface area contributed by atoms with Gasteiger partial charge in [-0.15, -0.1) is 0 Å². The summed E-state index contributed by atoms with van der Waals surface area (Å²) in [6, 6.07) is 3.96. The van der Waals surface area contributed by atoms with E-state index >= 15 is 0 Å². The zero-order valence-electron chi connectivity index (χ0n) is 17.4. The summed E-state index contributed by atoms with van der Waals surface area (Å²) in [7, 11) is -3.78. The first-order valence-electron chi connectivity index (χ1n) is 9.95. The van der Waals surface area contributed by atoms with Crippen molar-refractivity contribution in [1.29, 1.82) is 0 Å². The Morgan fingerprint density at radius 2 is 1.86 bits per heavy atom. The Morgan fingerprint density at radius 3 is 2.34 bits per heavy atom. The van der Waals surface area contributed by atoms with Gasteiger partial charge < -0.3 is 10.2 Å². The van der Waals surface area contributed by atoms with Gasteiger partial charge in [0, 0.05) is 44.2 Å². The lowest BCUT2D eigenvalue weighted by Crippen LogP contribution is -2.44. The minimum Gasteiger partial charge on any atom is -0.377 e. The van der Waals surface area contributed by atoms with Crippen LogP contribution in [0.25, 0.3) is 0 Å². The van der Waals surface area contributed by atoms with E-state index in [1.54, 1.807) is 13.8 Å². The highest BCUT2D eigenvalue weighted by molar-refractivity contribution is 7.89. The number of hydrogen-bond donors (Lipinski definition) is 1.